The molecule has 0 saturated carbocycles. The molecule has 1 aromatic rings. The third-order valence-electron chi connectivity index (χ3n) is 4.64. The number of hydrogen-bond acceptors (Lipinski definition) is 14. The van der Waals surface area contributed by atoms with Gasteiger partial charge in [0.25, 0.3) is 5.91 Å². The minimum Gasteiger partial charge on any atom is -0.462 e. The highest BCUT2D eigenvalue weighted by molar-refractivity contribution is 5.69. The molecule has 0 aliphatic rings. The van der Waals surface area contributed by atoms with Gasteiger partial charge in [0.05, 0.1) is 6.54 Å². The van der Waals surface area contributed by atoms with E-state index in [1.54, 1.807) is 24.3 Å². The van der Waals surface area contributed by atoms with E-state index in [0.717, 1.165) is 33.3 Å². The zero-order chi connectivity index (χ0) is 29.7. The van der Waals surface area contributed by atoms with E-state index in [-0.39, 0.29) is 5.75 Å². The molecule has 0 spiro atoms. The lowest BCUT2D eigenvalue weighted by Crippen LogP contribution is -2.80. The van der Waals surface area contributed by atoms with E-state index in [2.05, 4.69) is 0 Å². The Bertz CT molecular complexity index is 945. The zero-order valence-electron chi connectivity index (χ0n) is 22.9. The average molecular weight is 545 g/mol. The van der Waals surface area contributed by atoms with Crippen LogP contribution in [-0.2, 0) is 42.9 Å². The first-order chi connectivity index (χ1) is 17.6. The molecule has 216 valence electrons. The SMILES string of the molecule is CC.CC(=O)OC[C@@H](OC(C)=O)C(N)(OC(C)=O)C(N)(COC(C)=O)OC(N)(CN)Oc1ccc(C)cc1. The highest BCUT2D eigenvalue weighted by atomic mass is 16.8. The minimum absolute atomic E-state index is 0.218. The number of nitrogens with two attached hydrogens (primary N) is 4. The van der Waals surface area contributed by atoms with E-state index in [1.165, 1.54) is 0 Å². The number of benzene rings is 1. The molecule has 14 heteroatoms. The first-order valence-corrected chi connectivity index (χ1v) is 11.7. The summed E-state index contributed by atoms with van der Waals surface area (Å²) < 4.78 is 31.8. The van der Waals surface area contributed by atoms with Crippen molar-refractivity contribution in [3.05, 3.63) is 29.8 Å². The molecule has 0 aromatic heterocycles. The molecule has 1 rings (SSSR count). The molecular weight excluding hydrogens is 504 g/mol. The van der Waals surface area contributed by atoms with Crippen molar-refractivity contribution in [2.24, 2.45) is 22.9 Å². The van der Waals surface area contributed by atoms with E-state index in [1.807, 2.05) is 20.8 Å². The lowest BCUT2D eigenvalue weighted by Gasteiger charge is -2.48. The fraction of sp³-hybridized carbons (Fsp3) is 0.583. The van der Waals surface area contributed by atoms with Crippen molar-refractivity contribution >= 4 is 23.9 Å². The Labute approximate surface area is 222 Å². The number of carbonyl (C=O) groups excluding carboxylic acids is 4. The molecule has 38 heavy (non-hydrogen) atoms. The maximum atomic E-state index is 12.1. The summed E-state index contributed by atoms with van der Waals surface area (Å²) in [6.45, 7) is 7.85. The molecule has 8 N–H and O–H groups in total. The number of rotatable bonds is 13. The molecule has 3 unspecified atom stereocenters. The third kappa shape index (κ3) is 10.6. The predicted octanol–water partition coefficient (Wildman–Crippen LogP) is -0.0812. The zero-order valence-corrected chi connectivity index (χ0v) is 22.9. The van der Waals surface area contributed by atoms with Crippen molar-refractivity contribution < 1.29 is 47.6 Å². The normalized spacial score (nSPS) is 16.1. The molecule has 14 nitrogen and oxygen atoms in total. The van der Waals surface area contributed by atoms with Gasteiger partial charge in [-0.3, -0.25) is 41.1 Å². The molecule has 0 fully saturated rings. The first kappa shape index (κ1) is 34.7. The summed E-state index contributed by atoms with van der Waals surface area (Å²) in [5.41, 5.74) is 20.6. The number of ether oxygens (including phenoxy) is 6. The lowest BCUT2D eigenvalue weighted by atomic mass is 9.94. The molecule has 0 radical (unpaired) electrons. The van der Waals surface area contributed by atoms with Gasteiger partial charge in [0.15, 0.2) is 6.10 Å². The van der Waals surface area contributed by atoms with Gasteiger partial charge in [-0.05, 0) is 19.1 Å². The van der Waals surface area contributed by atoms with Crippen molar-refractivity contribution in [1.82, 2.24) is 0 Å². The molecule has 0 bridgehead atoms. The van der Waals surface area contributed by atoms with Crippen LogP contribution < -0.4 is 27.7 Å². The Morgan fingerprint density at radius 3 is 1.79 bits per heavy atom. The summed E-state index contributed by atoms with van der Waals surface area (Å²) in [5.74, 6) is -5.53. The van der Waals surface area contributed by atoms with Gasteiger partial charge in [0, 0.05) is 27.7 Å². The van der Waals surface area contributed by atoms with Gasteiger partial charge in [-0.25, -0.2) is 0 Å². The summed E-state index contributed by atoms with van der Waals surface area (Å²) in [4.78, 5) is 47.0. The van der Waals surface area contributed by atoms with Crippen molar-refractivity contribution in [3.63, 3.8) is 0 Å². The largest absolute Gasteiger partial charge is 0.462 e. The molecule has 4 atom stereocenters. The second-order valence-corrected chi connectivity index (χ2v) is 7.99. The number of carbonyl (C=O) groups is 4. The van der Waals surface area contributed by atoms with Crippen LogP contribution in [0.4, 0.5) is 0 Å². The Kier molecular flexibility index (Phi) is 13.9. The van der Waals surface area contributed by atoms with E-state index < -0.39 is 67.1 Å². The second-order valence-electron chi connectivity index (χ2n) is 7.99. The summed E-state index contributed by atoms with van der Waals surface area (Å²) >= 11 is 0. The maximum absolute atomic E-state index is 12.1. The maximum Gasteiger partial charge on any atom is 0.304 e. The van der Waals surface area contributed by atoms with Crippen LogP contribution in [0.2, 0.25) is 0 Å². The van der Waals surface area contributed by atoms with Gasteiger partial charge >= 0.3 is 23.9 Å². The smallest absolute Gasteiger partial charge is 0.304 e. The van der Waals surface area contributed by atoms with Crippen LogP contribution in [0.1, 0.15) is 47.1 Å². The van der Waals surface area contributed by atoms with Gasteiger partial charge < -0.3 is 29.4 Å². The highest BCUT2D eigenvalue weighted by Gasteiger charge is 2.61. The van der Waals surface area contributed by atoms with E-state index in [4.69, 9.17) is 51.4 Å². The summed E-state index contributed by atoms with van der Waals surface area (Å²) in [6, 6.07) is 6.60. The van der Waals surface area contributed by atoms with Crippen LogP contribution in [0.3, 0.4) is 0 Å². The highest BCUT2D eigenvalue weighted by Crippen LogP contribution is 2.32. The van der Waals surface area contributed by atoms with Gasteiger partial charge in [-0.15, -0.1) is 0 Å². The third-order valence-corrected chi connectivity index (χ3v) is 4.64. The molecule has 0 aliphatic carbocycles. The lowest BCUT2D eigenvalue weighted by molar-refractivity contribution is -0.321. The molecule has 0 amide bonds. The molecular formula is C24H40N4O10. The summed E-state index contributed by atoms with van der Waals surface area (Å²) in [6.07, 6.45) is -1.76. The molecule has 0 saturated heterocycles. The molecule has 0 aliphatic heterocycles. The Balaban J connectivity index is 0.00000667. The number of aryl methyl sites for hydroxylation is 1. The predicted molar refractivity (Wildman–Crippen MR) is 135 cm³/mol. The average Bonchev–Trinajstić information content (AvgIpc) is 2.82. The Morgan fingerprint density at radius 1 is 0.842 bits per heavy atom. The van der Waals surface area contributed by atoms with Crippen LogP contribution in [0.15, 0.2) is 24.3 Å². The van der Waals surface area contributed by atoms with Crippen molar-refractivity contribution in [1.29, 1.82) is 0 Å². The van der Waals surface area contributed by atoms with E-state index >= 15 is 0 Å². The molecule has 0 heterocycles. The Morgan fingerprint density at radius 2 is 1.37 bits per heavy atom. The fourth-order valence-electron chi connectivity index (χ4n) is 2.95. The minimum atomic E-state index is -2.66. The molecule has 1 aromatic carbocycles. The van der Waals surface area contributed by atoms with E-state index in [9.17, 15) is 19.2 Å². The van der Waals surface area contributed by atoms with Crippen molar-refractivity contribution in [2.75, 3.05) is 19.8 Å². The van der Waals surface area contributed by atoms with Crippen molar-refractivity contribution in [3.8, 4) is 5.75 Å². The van der Waals surface area contributed by atoms with Crippen LogP contribution in [0.25, 0.3) is 0 Å². The summed E-state index contributed by atoms with van der Waals surface area (Å²) in [7, 11) is 0. The van der Waals surface area contributed by atoms with Gasteiger partial charge in [0.2, 0.25) is 11.4 Å². The van der Waals surface area contributed by atoms with Gasteiger partial charge in [-0.2, -0.15) is 0 Å². The van der Waals surface area contributed by atoms with Gasteiger partial charge in [0.1, 0.15) is 19.0 Å². The Hall–Kier alpha value is -3.30. The number of hydrogen-bond donors (Lipinski definition) is 4. The summed E-state index contributed by atoms with van der Waals surface area (Å²) in [5, 5.41) is 0. The first-order valence-electron chi connectivity index (χ1n) is 11.7. The van der Waals surface area contributed by atoms with Crippen LogP contribution in [-0.4, -0.2) is 67.1 Å². The van der Waals surface area contributed by atoms with Gasteiger partial charge in [-0.1, -0.05) is 31.5 Å². The number of esters is 4. The topological polar surface area (TPSA) is 228 Å². The standard InChI is InChI=1S/C22H34N4O10.C2H6/c1-13-6-8-18(9-7-13)35-21(25,11-23)36-20(24,12-32-15(3)28)22(26,34-17(5)30)19(33-16(4)29)10-31-14(2)27;1-2/h6-9,19H,10-12,23-26H2,1-5H3;1-2H3/t19-,20?,21?,22?;/m1./s1. The van der Waals surface area contributed by atoms with Crippen LogP contribution in [0.5, 0.6) is 5.75 Å². The van der Waals surface area contributed by atoms with Crippen LogP contribution >= 0.6 is 0 Å². The quantitative estimate of drug-likeness (QED) is 0.145. The monoisotopic (exact) mass is 544 g/mol. The van der Waals surface area contributed by atoms with Crippen LogP contribution in [0, 0.1) is 6.92 Å². The van der Waals surface area contributed by atoms with E-state index in [0.29, 0.717) is 0 Å². The van der Waals surface area contributed by atoms with Crippen molar-refractivity contribution in [2.45, 2.75) is 71.9 Å². The second kappa shape index (κ2) is 15.2. The fourth-order valence-corrected chi connectivity index (χ4v) is 2.95.